The first-order valence-corrected chi connectivity index (χ1v) is 6.10. The topological polar surface area (TPSA) is 83.4 Å². The van der Waals surface area contributed by atoms with Gasteiger partial charge in [-0.25, -0.2) is 0 Å². The molecule has 2 heterocycles. The summed E-state index contributed by atoms with van der Waals surface area (Å²) >= 11 is 0. The molecule has 1 aliphatic heterocycles. The van der Waals surface area contributed by atoms with Gasteiger partial charge in [-0.15, -0.1) is 0 Å². The zero-order valence-corrected chi connectivity index (χ0v) is 10.6. The minimum absolute atomic E-state index is 0.228. The quantitative estimate of drug-likeness (QED) is 0.895. The summed E-state index contributed by atoms with van der Waals surface area (Å²) in [6.07, 6.45) is 0.505. The molecule has 0 saturated carbocycles. The fraction of sp³-hybridized carbons (Fsp3) is 0.385. The first-order valence-electron chi connectivity index (χ1n) is 6.10. The monoisotopic (exact) mass is 261 g/mol. The Kier molecular flexibility index (Phi) is 3.18. The number of nitrogens with two attached hydrogens (primary N) is 1. The van der Waals surface area contributed by atoms with Crippen LogP contribution in [-0.2, 0) is 11.2 Å². The average Bonchev–Trinajstić information content (AvgIpc) is 3.05. The second-order valence-electron chi connectivity index (χ2n) is 4.47. The van der Waals surface area contributed by atoms with Crippen molar-refractivity contribution in [1.82, 2.24) is 10.1 Å². The van der Waals surface area contributed by atoms with Crippen LogP contribution >= 0.6 is 0 Å². The number of hydrogen-bond acceptors (Lipinski definition) is 6. The minimum Gasteiger partial charge on any atom is -0.480 e. The number of benzene rings is 1. The molecule has 0 saturated heterocycles. The number of fused-ring (bicyclic) bond motifs is 1. The van der Waals surface area contributed by atoms with Crippen LogP contribution in [0.2, 0.25) is 0 Å². The second kappa shape index (κ2) is 4.99. The van der Waals surface area contributed by atoms with E-state index in [1.165, 1.54) is 0 Å². The Labute approximate surface area is 110 Å². The molecule has 1 aliphatic rings. The van der Waals surface area contributed by atoms with Crippen molar-refractivity contribution in [2.45, 2.75) is 18.6 Å². The molecule has 0 amide bonds. The summed E-state index contributed by atoms with van der Waals surface area (Å²) in [7, 11) is 1.58. The molecule has 100 valence electrons. The number of hydrogen-bond donors (Lipinski definition) is 1. The standard InChI is InChI=1S/C13H15N3O3/c1-17-7-9(14)12-15-13(19-16-12)11-6-8-4-2-3-5-10(8)18-11/h2-5,9,11H,6-7,14H2,1H3. The van der Waals surface area contributed by atoms with Crippen molar-refractivity contribution in [3.63, 3.8) is 0 Å². The lowest BCUT2D eigenvalue weighted by Gasteiger charge is -2.05. The molecule has 3 rings (SSSR count). The zero-order chi connectivity index (χ0) is 13.2. The fourth-order valence-corrected chi connectivity index (χ4v) is 2.10. The summed E-state index contributed by atoms with van der Waals surface area (Å²) in [6.45, 7) is 0.352. The molecule has 0 radical (unpaired) electrons. The molecule has 2 N–H and O–H groups in total. The van der Waals surface area contributed by atoms with Crippen LogP contribution in [0.15, 0.2) is 28.8 Å². The van der Waals surface area contributed by atoms with Crippen molar-refractivity contribution >= 4 is 0 Å². The molecule has 2 atom stereocenters. The zero-order valence-electron chi connectivity index (χ0n) is 10.6. The Balaban J connectivity index is 1.75. The molecule has 19 heavy (non-hydrogen) atoms. The van der Waals surface area contributed by atoms with E-state index in [1.54, 1.807) is 7.11 Å². The number of nitrogens with zero attached hydrogens (tertiary/aromatic N) is 2. The number of methoxy groups -OCH3 is 1. The van der Waals surface area contributed by atoms with Crippen LogP contribution < -0.4 is 10.5 Å². The van der Waals surface area contributed by atoms with Gasteiger partial charge in [-0.1, -0.05) is 23.4 Å². The van der Waals surface area contributed by atoms with E-state index >= 15 is 0 Å². The number of para-hydroxylation sites is 1. The van der Waals surface area contributed by atoms with Crippen LogP contribution in [0.3, 0.4) is 0 Å². The third-order valence-corrected chi connectivity index (χ3v) is 3.06. The summed E-state index contributed by atoms with van der Waals surface area (Å²) in [5.41, 5.74) is 7.00. The lowest BCUT2D eigenvalue weighted by atomic mass is 10.1. The van der Waals surface area contributed by atoms with Crippen LogP contribution in [-0.4, -0.2) is 23.9 Å². The Bertz CT molecular complexity index is 545. The maximum absolute atomic E-state index is 5.85. The largest absolute Gasteiger partial charge is 0.480 e. The number of ether oxygens (including phenoxy) is 2. The fourth-order valence-electron chi connectivity index (χ4n) is 2.10. The highest BCUT2D eigenvalue weighted by atomic mass is 16.5. The van der Waals surface area contributed by atoms with E-state index in [1.807, 2.05) is 24.3 Å². The summed E-state index contributed by atoms with van der Waals surface area (Å²) in [4.78, 5) is 4.29. The van der Waals surface area contributed by atoms with Crippen molar-refractivity contribution in [3.8, 4) is 5.75 Å². The van der Waals surface area contributed by atoms with Crippen molar-refractivity contribution < 1.29 is 14.0 Å². The molecule has 0 fully saturated rings. The highest BCUT2D eigenvalue weighted by Crippen LogP contribution is 2.35. The molecule has 0 aliphatic carbocycles. The highest BCUT2D eigenvalue weighted by molar-refractivity contribution is 5.37. The maximum Gasteiger partial charge on any atom is 0.268 e. The molecule has 1 aromatic carbocycles. The first kappa shape index (κ1) is 12.1. The predicted octanol–water partition coefficient (Wildman–Crippen LogP) is 1.39. The van der Waals surface area contributed by atoms with Gasteiger partial charge in [-0.3, -0.25) is 0 Å². The van der Waals surface area contributed by atoms with Gasteiger partial charge in [0, 0.05) is 13.5 Å². The molecular weight excluding hydrogens is 246 g/mol. The smallest absolute Gasteiger partial charge is 0.268 e. The first-order chi connectivity index (χ1) is 9.28. The molecular formula is C13H15N3O3. The third kappa shape index (κ3) is 2.32. The van der Waals surface area contributed by atoms with Crippen LogP contribution in [0.5, 0.6) is 5.75 Å². The maximum atomic E-state index is 5.85. The molecule has 0 bridgehead atoms. The highest BCUT2D eigenvalue weighted by Gasteiger charge is 2.29. The van der Waals surface area contributed by atoms with E-state index in [2.05, 4.69) is 10.1 Å². The van der Waals surface area contributed by atoms with Crippen molar-refractivity contribution in [2.24, 2.45) is 5.73 Å². The van der Waals surface area contributed by atoms with E-state index < -0.39 is 0 Å². The number of aromatic nitrogens is 2. The molecule has 0 spiro atoms. The van der Waals surface area contributed by atoms with Gasteiger partial charge in [0.1, 0.15) is 5.75 Å². The van der Waals surface area contributed by atoms with E-state index in [9.17, 15) is 0 Å². The summed E-state index contributed by atoms with van der Waals surface area (Å²) in [6, 6.07) is 7.51. The van der Waals surface area contributed by atoms with Gasteiger partial charge in [0.15, 0.2) is 11.9 Å². The second-order valence-corrected chi connectivity index (χ2v) is 4.47. The Morgan fingerprint density at radius 3 is 3.11 bits per heavy atom. The van der Waals surface area contributed by atoms with E-state index in [-0.39, 0.29) is 12.1 Å². The van der Waals surface area contributed by atoms with Crippen molar-refractivity contribution in [1.29, 1.82) is 0 Å². The molecule has 6 nitrogen and oxygen atoms in total. The van der Waals surface area contributed by atoms with Gasteiger partial charge >= 0.3 is 0 Å². The van der Waals surface area contributed by atoms with Crippen molar-refractivity contribution in [3.05, 3.63) is 41.5 Å². The predicted molar refractivity (Wildman–Crippen MR) is 66.6 cm³/mol. The minimum atomic E-state index is -0.383. The Morgan fingerprint density at radius 1 is 1.47 bits per heavy atom. The van der Waals surface area contributed by atoms with E-state index in [4.69, 9.17) is 19.7 Å². The molecule has 1 aromatic heterocycles. The van der Waals surface area contributed by atoms with Gasteiger partial charge < -0.3 is 19.7 Å². The lowest BCUT2D eigenvalue weighted by molar-refractivity contribution is 0.175. The summed E-state index contributed by atoms with van der Waals surface area (Å²) in [5, 5.41) is 3.87. The Hall–Kier alpha value is -1.92. The van der Waals surface area contributed by atoms with E-state index in [0.717, 1.165) is 17.7 Å². The van der Waals surface area contributed by atoms with Crippen LogP contribution in [0, 0.1) is 0 Å². The summed E-state index contributed by atoms with van der Waals surface area (Å²) < 4.78 is 16.0. The van der Waals surface area contributed by atoms with Crippen LogP contribution in [0.1, 0.15) is 29.4 Å². The third-order valence-electron chi connectivity index (χ3n) is 3.06. The molecule has 2 unspecified atom stereocenters. The summed E-state index contributed by atoms with van der Waals surface area (Å²) in [5.74, 6) is 1.77. The van der Waals surface area contributed by atoms with Gasteiger partial charge in [-0.2, -0.15) is 4.98 Å². The van der Waals surface area contributed by atoms with Crippen LogP contribution in [0.4, 0.5) is 0 Å². The van der Waals surface area contributed by atoms with E-state index in [0.29, 0.717) is 18.3 Å². The van der Waals surface area contributed by atoms with Gasteiger partial charge in [0.25, 0.3) is 5.89 Å². The van der Waals surface area contributed by atoms with Gasteiger partial charge in [0.2, 0.25) is 0 Å². The SMILES string of the molecule is COCC(N)c1noc(C2Cc3ccccc3O2)n1. The normalized spacial score (nSPS) is 18.9. The lowest BCUT2D eigenvalue weighted by Crippen LogP contribution is -2.17. The average molecular weight is 261 g/mol. The molecule has 6 heteroatoms. The van der Waals surface area contributed by atoms with Crippen LogP contribution in [0.25, 0.3) is 0 Å². The van der Waals surface area contributed by atoms with Crippen molar-refractivity contribution in [2.75, 3.05) is 13.7 Å². The Morgan fingerprint density at radius 2 is 2.32 bits per heavy atom. The number of rotatable bonds is 4. The van der Waals surface area contributed by atoms with Gasteiger partial charge in [0.05, 0.1) is 12.6 Å². The molecule has 2 aromatic rings. The van der Waals surface area contributed by atoms with Gasteiger partial charge in [-0.05, 0) is 11.6 Å².